The minimum Gasteiger partial charge on any atom is -0.383 e. The summed E-state index contributed by atoms with van der Waals surface area (Å²) in [5.41, 5.74) is 6.47. The fourth-order valence-corrected chi connectivity index (χ4v) is 3.62. The van der Waals surface area contributed by atoms with Gasteiger partial charge in [-0.2, -0.15) is 5.10 Å². The quantitative estimate of drug-likeness (QED) is 0.715. The van der Waals surface area contributed by atoms with E-state index in [4.69, 9.17) is 4.74 Å². The van der Waals surface area contributed by atoms with Gasteiger partial charge in [-0.3, -0.25) is 15.0 Å². The molecule has 3 aromatic rings. The van der Waals surface area contributed by atoms with E-state index in [2.05, 4.69) is 61.4 Å². The number of methoxy groups -OCH3 is 1. The Morgan fingerprint density at radius 2 is 1.79 bits per heavy atom. The summed E-state index contributed by atoms with van der Waals surface area (Å²) in [5.74, 6) is 0. The number of benzene rings is 1. The monoisotopic (exact) mass is 377 g/mol. The lowest BCUT2D eigenvalue weighted by Crippen LogP contribution is -2.47. The van der Waals surface area contributed by atoms with E-state index in [0.717, 1.165) is 67.5 Å². The Bertz CT molecular complexity index is 897. The summed E-state index contributed by atoms with van der Waals surface area (Å²) in [6.07, 6.45) is 1.83. The minimum absolute atomic E-state index is 0.805. The fourth-order valence-electron chi connectivity index (χ4n) is 3.62. The number of hydrogen-bond acceptors (Lipinski definition) is 5. The van der Waals surface area contributed by atoms with Gasteiger partial charge in [0, 0.05) is 68.5 Å². The van der Waals surface area contributed by atoms with Gasteiger partial charge in [0.1, 0.15) is 0 Å². The first-order valence-electron chi connectivity index (χ1n) is 9.78. The smallest absolute Gasteiger partial charge is 0.0927 e. The standard InChI is InChI=1S/C22H27N5O/c1-17-15-19(7-8-23-17)22-16-21(24-25-22)18-3-5-20(6-4-18)27-11-9-26(10-12-27)13-14-28-2/h3-8,15-16H,9-14H2,1-2H3,(H,24,25). The van der Waals surface area contributed by atoms with Gasteiger partial charge >= 0.3 is 0 Å². The van der Waals surface area contributed by atoms with Crippen molar-refractivity contribution in [2.45, 2.75) is 6.92 Å². The van der Waals surface area contributed by atoms with E-state index in [1.165, 1.54) is 5.69 Å². The molecule has 6 nitrogen and oxygen atoms in total. The number of anilines is 1. The number of ether oxygens (including phenoxy) is 1. The summed E-state index contributed by atoms with van der Waals surface area (Å²) in [6.45, 7) is 8.09. The Hall–Kier alpha value is -2.70. The maximum Gasteiger partial charge on any atom is 0.0927 e. The molecular formula is C22H27N5O. The molecule has 0 radical (unpaired) electrons. The lowest BCUT2D eigenvalue weighted by atomic mass is 10.1. The van der Waals surface area contributed by atoms with Crippen LogP contribution in [0.5, 0.6) is 0 Å². The summed E-state index contributed by atoms with van der Waals surface area (Å²) in [6, 6.07) is 14.9. The highest BCUT2D eigenvalue weighted by molar-refractivity contribution is 5.69. The summed E-state index contributed by atoms with van der Waals surface area (Å²) >= 11 is 0. The number of H-pyrrole nitrogens is 1. The van der Waals surface area contributed by atoms with Gasteiger partial charge in [0.05, 0.1) is 18.0 Å². The Balaban J connectivity index is 1.42. The number of aromatic nitrogens is 3. The van der Waals surface area contributed by atoms with E-state index < -0.39 is 0 Å². The van der Waals surface area contributed by atoms with Crippen LogP contribution in [-0.4, -0.2) is 66.5 Å². The average Bonchev–Trinajstić information content (AvgIpc) is 3.23. The molecule has 3 heterocycles. The Morgan fingerprint density at radius 1 is 1.00 bits per heavy atom. The largest absolute Gasteiger partial charge is 0.383 e. The first kappa shape index (κ1) is 18.7. The van der Waals surface area contributed by atoms with Gasteiger partial charge in [-0.25, -0.2) is 0 Å². The number of piperazine rings is 1. The lowest BCUT2D eigenvalue weighted by molar-refractivity contribution is 0.144. The molecule has 0 unspecified atom stereocenters. The Morgan fingerprint density at radius 3 is 2.50 bits per heavy atom. The third-order valence-corrected chi connectivity index (χ3v) is 5.30. The topological polar surface area (TPSA) is 57.3 Å². The molecule has 146 valence electrons. The molecule has 1 aliphatic rings. The van der Waals surface area contributed by atoms with Crippen molar-refractivity contribution in [2.24, 2.45) is 0 Å². The van der Waals surface area contributed by atoms with Gasteiger partial charge in [-0.15, -0.1) is 0 Å². The van der Waals surface area contributed by atoms with Crippen LogP contribution in [0.4, 0.5) is 5.69 Å². The molecule has 0 saturated carbocycles. The Kier molecular flexibility index (Phi) is 5.69. The Labute approximate surface area is 166 Å². The molecule has 0 atom stereocenters. The molecule has 1 aromatic carbocycles. The lowest BCUT2D eigenvalue weighted by Gasteiger charge is -2.36. The number of rotatable bonds is 6. The van der Waals surface area contributed by atoms with Crippen LogP contribution in [0.25, 0.3) is 22.5 Å². The van der Waals surface area contributed by atoms with Crippen molar-refractivity contribution in [1.29, 1.82) is 0 Å². The highest BCUT2D eigenvalue weighted by Crippen LogP contribution is 2.26. The molecule has 1 fully saturated rings. The third kappa shape index (κ3) is 4.24. The summed E-state index contributed by atoms with van der Waals surface area (Å²) in [4.78, 5) is 9.16. The first-order valence-corrected chi connectivity index (χ1v) is 9.78. The zero-order valence-corrected chi connectivity index (χ0v) is 16.6. The number of nitrogens with one attached hydrogen (secondary N) is 1. The van der Waals surface area contributed by atoms with Crippen molar-refractivity contribution < 1.29 is 4.74 Å². The van der Waals surface area contributed by atoms with Crippen LogP contribution in [0.1, 0.15) is 5.69 Å². The number of nitrogens with zero attached hydrogens (tertiary/aromatic N) is 4. The molecule has 0 aliphatic carbocycles. The van der Waals surface area contributed by atoms with Crippen LogP contribution in [0.15, 0.2) is 48.7 Å². The number of aromatic amines is 1. The first-order chi connectivity index (χ1) is 13.7. The molecule has 28 heavy (non-hydrogen) atoms. The predicted octanol–water partition coefficient (Wildman–Crippen LogP) is 3.22. The second kappa shape index (κ2) is 8.54. The van der Waals surface area contributed by atoms with Crippen LogP contribution in [0.2, 0.25) is 0 Å². The van der Waals surface area contributed by atoms with Crippen molar-refractivity contribution in [1.82, 2.24) is 20.1 Å². The molecule has 4 rings (SSSR count). The van der Waals surface area contributed by atoms with Crippen molar-refractivity contribution >= 4 is 5.69 Å². The molecular weight excluding hydrogens is 350 g/mol. The van der Waals surface area contributed by atoms with Crippen LogP contribution in [-0.2, 0) is 4.74 Å². The van der Waals surface area contributed by atoms with Crippen molar-refractivity contribution in [2.75, 3.05) is 51.3 Å². The van der Waals surface area contributed by atoms with Crippen LogP contribution >= 0.6 is 0 Å². The van der Waals surface area contributed by atoms with E-state index in [9.17, 15) is 0 Å². The van der Waals surface area contributed by atoms with Gasteiger partial charge < -0.3 is 9.64 Å². The van der Waals surface area contributed by atoms with E-state index in [1.807, 2.05) is 19.2 Å². The maximum absolute atomic E-state index is 5.18. The average molecular weight is 377 g/mol. The van der Waals surface area contributed by atoms with Crippen molar-refractivity contribution in [3.8, 4) is 22.5 Å². The zero-order chi connectivity index (χ0) is 19.3. The van der Waals surface area contributed by atoms with Gasteiger partial charge in [-0.1, -0.05) is 12.1 Å². The number of pyridine rings is 1. The van der Waals surface area contributed by atoms with Gasteiger partial charge in [0.2, 0.25) is 0 Å². The normalized spacial score (nSPS) is 15.1. The van der Waals surface area contributed by atoms with E-state index >= 15 is 0 Å². The van der Waals surface area contributed by atoms with Crippen molar-refractivity contribution in [3.05, 3.63) is 54.4 Å². The fraction of sp³-hybridized carbons (Fsp3) is 0.364. The van der Waals surface area contributed by atoms with Gasteiger partial charge in [0.15, 0.2) is 0 Å². The highest BCUT2D eigenvalue weighted by atomic mass is 16.5. The SMILES string of the molecule is COCCN1CCN(c2ccc(-c3cc(-c4ccnc(C)c4)[nH]n3)cc2)CC1. The summed E-state index contributed by atoms with van der Waals surface area (Å²) in [5, 5.41) is 7.64. The summed E-state index contributed by atoms with van der Waals surface area (Å²) in [7, 11) is 1.76. The van der Waals surface area contributed by atoms with E-state index in [1.54, 1.807) is 7.11 Å². The maximum atomic E-state index is 5.18. The van der Waals surface area contributed by atoms with E-state index in [0.29, 0.717) is 0 Å². The summed E-state index contributed by atoms with van der Waals surface area (Å²) < 4.78 is 5.18. The molecule has 1 saturated heterocycles. The molecule has 1 aliphatic heterocycles. The molecule has 2 aromatic heterocycles. The second-order valence-electron chi connectivity index (χ2n) is 7.22. The van der Waals surface area contributed by atoms with Crippen LogP contribution in [0.3, 0.4) is 0 Å². The molecule has 1 N–H and O–H groups in total. The van der Waals surface area contributed by atoms with Crippen LogP contribution < -0.4 is 4.90 Å². The van der Waals surface area contributed by atoms with Gasteiger partial charge in [-0.05, 0) is 37.3 Å². The number of aryl methyl sites for hydroxylation is 1. The minimum atomic E-state index is 0.805. The van der Waals surface area contributed by atoms with E-state index in [-0.39, 0.29) is 0 Å². The predicted molar refractivity (Wildman–Crippen MR) is 113 cm³/mol. The molecule has 0 bridgehead atoms. The molecule has 0 amide bonds. The highest BCUT2D eigenvalue weighted by Gasteiger charge is 2.17. The van der Waals surface area contributed by atoms with Gasteiger partial charge in [0.25, 0.3) is 0 Å². The number of hydrogen-bond donors (Lipinski definition) is 1. The van der Waals surface area contributed by atoms with Crippen molar-refractivity contribution in [3.63, 3.8) is 0 Å². The zero-order valence-electron chi connectivity index (χ0n) is 16.6. The molecule has 6 heteroatoms. The third-order valence-electron chi connectivity index (χ3n) is 5.30. The molecule has 0 spiro atoms. The van der Waals surface area contributed by atoms with Crippen LogP contribution in [0, 0.1) is 6.92 Å². The second-order valence-corrected chi connectivity index (χ2v) is 7.22.